The minimum atomic E-state index is -0.297. The van der Waals surface area contributed by atoms with Crippen LogP contribution in [0.15, 0.2) is 24.3 Å². The lowest BCUT2D eigenvalue weighted by molar-refractivity contribution is 0.136. The number of aromatic hydroxyl groups is 1. The highest BCUT2D eigenvalue weighted by molar-refractivity contribution is 7.17. The van der Waals surface area contributed by atoms with Gasteiger partial charge in [-0.05, 0) is 17.5 Å². The number of fused-ring (bicyclic) bond motifs is 1. The number of benzene rings is 1. The molecular weight excluding hydrogens is 364 g/mol. The van der Waals surface area contributed by atoms with Crippen LogP contribution in [0.2, 0.25) is 0 Å². The van der Waals surface area contributed by atoms with Crippen LogP contribution in [-0.2, 0) is 12.8 Å². The van der Waals surface area contributed by atoms with E-state index >= 15 is 0 Å². The van der Waals surface area contributed by atoms with Crippen molar-refractivity contribution in [2.45, 2.75) is 32.7 Å². The van der Waals surface area contributed by atoms with Gasteiger partial charge in [0.05, 0.1) is 24.1 Å². The number of rotatable bonds is 9. The number of aliphatic hydroxyl groups is 2. The van der Waals surface area contributed by atoms with Crippen LogP contribution >= 0.6 is 11.3 Å². The highest BCUT2D eigenvalue weighted by Crippen LogP contribution is 2.39. The van der Waals surface area contributed by atoms with Crippen molar-refractivity contribution in [3.63, 3.8) is 0 Å². The third-order valence-corrected chi connectivity index (χ3v) is 5.72. The lowest BCUT2D eigenvalue weighted by Crippen LogP contribution is -2.34. The van der Waals surface area contributed by atoms with Crippen molar-refractivity contribution in [3.8, 4) is 5.88 Å². The van der Waals surface area contributed by atoms with Gasteiger partial charge in [-0.1, -0.05) is 49.4 Å². The molecule has 0 aliphatic rings. The van der Waals surface area contributed by atoms with E-state index < -0.39 is 0 Å². The second kappa shape index (κ2) is 8.79. The third-order valence-electron chi connectivity index (χ3n) is 4.65. The first kappa shape index (κ1) is 19.8. The standard InChI is InChI=1S/C19H26N4O3S/c1-3-13-5-7-14(8-6-13)16(22(9-11-24)10-12-25)17-18(26)23-19(27-17)20-15(4-2)21-23/h5-8,16,24-26H,3-4,9-12H2,1-2H3. The van der Waals surface area contributed by atoms with Crippen molar-refractivity contribution in [1.29, 1.82) is 0 Å². The van der Waals surface area contributed by atoms with Gasteiger partial charge in [0.1, 0.15) is 0 Å². The minimum Gasteiger partial charge on any atom is -0.492 e. The Bertz CT molecular complexity index is 869. The van der Waals surface area contributed by atoms with Gasteiger partial charge in [-0.2, -0.15) is 4.52 Å². The Morgan fingerprint density at radius 2 is 1.74 bits per heavy atom. The molecule has 3 aromatic rings. The summed E-state index contributed by atoms with van der Waals surface area (Å²) in [4.78, 5) is 7.77. The number of aryl methyl sites for hydroxylation is 2. The molecule has 0 radical (unpaired) electrons. The van der Waals surface area contributed by atoms with Crippen LogP contribution in [-0.4, -0.2) is 61.1 Å². The molecule has 2 aromatic heterocycles. The van der Waals surface area contributed by atoms with Crippen LogP contribution in [0.25, 0.3) is 4.96 Å². The second-order valence-electron chi connectivity index (χ2n) is 6.35. The molecule has 0 spiro atoms. The van der Waals surface area contributed by atoms with Crippen LogP contribution in [0, 0.1) is 0 Å². The number of hydrogen-bond acceptors (Lipinski definition) is 7. The third kappa shape index (κ3) is 3.98. The lowest BCUT2D eigenvalue weighted by atomic mass is 10.0. The summed E-state index contributed by atoms with van der Waals surface area (Å²) < 4.78 is 1.47. The van der Waals surface area contributed by atoms with Crippen molar-refractivity contribution >= 4 is 16.3 Å². The predicted octanol–water partition coefficient (Wildman–Crippen LogP) is 2.00. The number of thiazole rings is 1. The summed E-state index contributed by atoms with van der Waals surface area (Å²) >= 11 is 1.39. The Labute approximate surface area is 162 Å². The maximum atomic E-state index is 10.8. The smallest absolute Gasteiger partial charge is 0.230 e. The van der Waals surface area contributed by atoms with Gasteiger partial charge in [-0.15, -0.1) is 5.10 Å². The van der Waals surface area contributed by atoms with Crippen LogP contribution in [0.1, 0.15) is 41.7 Å². The average molecular weight is 391 g/mol. The van der Waals surface area contributed by atoms with E-state index in [9.17, 15) is 15.3 Å². The average Bonchev–Trinajstić information content (AvgIpc) is 3.22. The van der Waals surface area contributed by atoms with Crippen LogP contribution < -0.4 is 0 Å². The zero-order chi connectivity index (χ0) is 19.4. The van der Waals surface area contributed by atoms with Crippen molar-refractivity contribution in [2.24, 2.45) is 0 Å². The molecule has 0 saturated carbocycles. The van der Waals surface area contributed by atoms with E-state index in [-0.39, 0.29) is 25.1 Å². The summed E-state index contributed by atoms with van der Waals surface area (Å²) in [7, 11) is 0. The zero-order valence-electron chi connectivity index (χ0n) is 15.7. The quantitative estimate of drug-likeness (QED) is 0.517. The van der Waals surface area contributed by atoms with Gasteiger partial charge in [0.15, 0.2) is 5.82 Å². The van der Waals surface area contributed by atoms with Crippen LogP contribution in [0.5, 0.6) is 5.88 Å². The summed E-state index contributed by atoms with van der Waals surface area (Å²) in [6.07, 6.45) is 1.65. The Balaban J connectivity index is 2.10. The van der Waals surface area contributed by atoms with Gasteiger partial charge in [0, 0.05) is 19.5 Å². The van der Waals surface area contributed by atoms with Gasteiger partial charge in [0.25, 0.3) is 0 Å². The molecule has 2 heterocycles. The molecule has 27 heavy (non-hydrogen) atoms. The first-order valence-electron chi connectivity index (χ1n) is 9.24. The normalized spacial score (nSPS) is 12.9. The Kier molecular flexibility index (Phi) is 6.43. The van der Waals surface area contributed by atoms with Gasteiger partial charge >= 0.3 is 0 Å². The van der Waals surface area contributed by atoms with Crippen molar-refractivity contribution in [2.75, 3.05) is 26.3 Å². The predicted molar refractivity (Wildman–Crippen MR) is 105 cm³/mol. The molecule has 0 fully saturated rings. The van der Waals surface area contributed by atoms with Gasteiger partial charge in [0.2, 0.25) is 10.8 Å². The molecule has 0 aliphatic carbocycles. The maximum Gasteiger partial charge on any atom is 0.230 e. The van der Waals surface area contributed by atoms with E-state index in [0.29, 0.717) is 35.2 Å². The SMILES string of the molecule is CCc1ccc(C(c2sc3nc(CC)nn3c2O)N(CCO)CCO)cc1. The summed E-state index contributed by atoms with van der Waals surface area (Å²) in [6, 6.07) is 7.92. The molecule has 3 rings (SSSR count). The fourth-order valence-corrected chi connectivity index (χ4v) is 4.35. The van der Waals surface area contributed by atoms with E-state index in [0.717, 1.165) is 12.0 Å². The fraction of sp³-hybridized carbons (Fsp3) is 0.474. The Morgan fingerprint density at radius 3 is 2.26 bits per heavy atom. The number of nitrogens with zero attached hydrogens (tertiary/aromatic N) is 4. The fourth-order valence-electron chi connectivity index (χ4n) is 3.21. The number of aromatic nitrogens is 3. The molecule has 3 N–H and O–H groups in total. The van der Waals surface area contributed by atoms with E-state index in [1.807, 2.05) is 24.0 Å². The first-order valence-corrected chi connectivity index (χ1v) is 10.1. The molecule has 1 aromatic carbocycles. The van der Waals surface area contributed by atoms with Crippen molar-refractivity contribution in [1.82, 2.24) is 19.5 Å². The topological polar surface area (TPSA) is 94.1 Å². The highest BCUT2D eigenvalue weighted by Gasteiger charge is 2.29. The Hall–Kier alpha value is -2.00. The summed E-state index contributed by atoms with van der Waals surface area (Å²) in [6.45, 7) is 4.77. The van der Waals surface area contributed by atoms with E-state index in [1.54, 1.807) is 0 Å². The molecule has 1 unspecified atom stereocenters. The van der Waals surface area contributed by atoms with E-state index in [4.69, 9.17) is 0 Å². The minimum absolute atomic E-state index is 0.0367. The maximum absolute atomic E-state index is 10.8. The second-order valence-corrected chi connectivity index (χ2v) is 7.36. The molecule has 146 valence electrons. The molecule has 7 nitrogen and oxygen atoms in total. The van der Waals surface area contributed by atoms with Crippen molar-refractivity contribution < 1.29 is 15.3 Å². The summed E-state index contributed by atoms with van der Waals surface area (Å²) in [5.41, 5.74) is 2.22. The van der Waals surface area contributed by atoms with Gasteiger partial charge in [-0.25, -0.2) is 4.98 Å². The monoisotopic (exact) mass is 390 g/mol. The first-order chi connectivity index (χ1) is 13.1. The number of hydrogen-bond donors (Lipinski definition) is 3. The molecule has 0 bridgehead atoms. The van der Waals surface area contributed by atoms with Gasteiger partial charge in [-0.3, -0.25) is 4.90 Å². The largest absolute Gasteiger partial charge is 0.492 e. The van der Waals surface area contributed by atoms with Crippen molar-refractivity contribution in [3.05, 3.63) is 46.1 Å². The lowest BCUT2D eigenvalue weighted by Gasteiger charge is -2.30. The zero-order valence-corrected chi connectivity index (χ0v) is 16.5. The van der Waals surface area contributed by atoms with Gasteiger partial charge < -0.3 is 15.3 Å². The number of aliphatic hydroxyl groups excluding tert-OH is 2. The summed E-state index contributed by atoms with van der Waals surface area (Å²) in [5.74, 6) is 0.752. The molecule has 1 atom stereocenters. The summed E-state index contributed by atoms with van der Waals surface area (Å²) in [5, 5.41) is 34.2. The molecule has 0 aliphatic heterocycles. The Morgan fingerprint density at radius 1 is 1.07 bits per heavy atom. The van der Waals surface area contributed by atoms with Crippen LogP contribution in [0.4, 0.5) is 0 Å². The van der Waals surface area contributed by atoms with E-state index in [1.165, 1.54) is 21.4 Å². The molecule has 8 heteroatoms. The molecule has 0 saturated heterocycles. The molecular formula is C19H26N4O3S. The van der Waals surface area contributed by atoms with E-state index in [2.05, 4.69) is 29.1 Å². The highest BCUT2D eigenvalue weighted by atomic mass is 32.1. The van der Waals surface area contributed by atoms with Crippen LogP contribution in [0.3, 0.4) is 0 Å². The molecule has 0 amide bonds.